The number of rotatable bonds is 2. The van der Waals surface area contributed by atoms with Gasteiger partial charge in [-0.2, -0.15) is 0 Å². The summed E-state index contributed by atoms with van der Waals surface area (Å²) in [5.41, 5.74) is 2.01. The van der Waals surface area contributed by atoms with Crippen LogP contribution in [0.15, 0.2) is 5.16 Å². The molecular weight excluding hydrogens is 322 g/mol. The largest absolute Gasteiger partial charge is 0.331 e. The van der Waals surface area contributed by atoms with E-state index in [0.717, 1.165) is 29.4 Å². The Balaban J connectivity index is 1.56. The molecule has 4 aliphatic rings. The first kappa shape index (κ1) is 18.5. The van der Waals surface area contributed by atoms with Crippen molar-refractivity contribution in [2.24, 2.45) is 45.6 Å². The van der Waals surface area contributed by atoms with Crippen LogP contribution in [0.4, 0.5) is 0 Å². The third-order valence-electron chi connectivity index (χ3n) is 9.41. The van der Waals surface area contributed by atoms with E-state index >= 15 is 0 Å². The summed E-state index contributed by atoms with van der Waals surface area (Å²) < 4.78 is 0. The molecule has 4 fully saturated rings. The Morgan fingerprint density at radius 2 is 1.65 bits per heavy atom. The van der Waals surface area contributed by atoms with Gasteiger partial charge in [-0.25, -0.2) is 4.79 Å². The number of carbonyl (C=O) groups is 1. The van der Waals surface area contributed by atoms with Crippen LogP contribution in [-0.4, -0.2) is 11.7 Å². The van der Waals surface area contributed by atoms with Crippen LogP contribution in [0.1, 0.15) is 91.9 Å². The van der Waals surface area contributed by atoms with Gasteiger partial charge in [-0.15, -0.1) is 0 Å². The van der Waals surface area contributed by atoms with Crippen molar-refractivity contribution in [3.8, 4) is 0 Å². The summed E-state index contributed by atoms with van der Waals surface area (Å²) >= 11 is 0. The van der Waals surface area contributed by atoms with Crippen LogP contribution in [0.3, 0.4) is 0 Å². The molecule has 0 N–H and O–H groups in total. The van der Waals surface area contributed by atoms with Crippen LogP contribution in [0.25, 0.3) is 0 Å². The van der Waals surface area contributed by atoms with Crippen molar-refractivity contribution >= 4 is 11.7 Å². The number of oxime groups is 1. The van der Waals surface area contributed by atoms with Gasteiger partial charge in [-0.3, -0.25) is 0 Å². The van der Waals surface area contributed by atoms with E-state index in [4.69, 9.17) is 4.84 Å². The minimum absolute atomic E-state index is 0.309. The minimum Gasteiger partial charge on any atom is -0.319 e. The minimum atomic E-state index is -0.309. The van der Waals surface area contributed by atoms with E-state index in [9.17, 15) is 4.79 Å². The lowest BCUT2D eigenvalue weighted by atomic mass is 9.45. The SMILES string of the molecule is CC(=O)O/N=C(\C)C1CCC2C3CCC4CCCCC4(C)C3CCC12C. The topological polar surface area (TPSA) is 38.7 Å². The quantitative estimate of drug-likeness (QED) is 0.346. The highest BCUT2D eigenvalue weighted by Crippen LogP contribution is 2.67. The van der Waals surface area contributed by atoms with Crippen molar-refractivity contribution < 1.29 is 9.63 Å². The van der Waals surface area contributed by atoms with Crippen molar-refractivity contribution in [2.75, 3.05) is 0 Å². The molecule has 0 heterocycles. The predicted octanol–water partition coefficient (Wildman–Crippen LogP) is 5.97. The average Bonchev–Trinajstić information content (AvgIpc) is 2.96. The second-order valence-electron chi connectivity index (χ2n) is 10.4. The van der Waals surface area contributed by atoms with Crippen LogP contribution in [0.5, 0.6) is 0 Å². The Hall–Kier alpha value is -0.860. The number of carbonyl (C=O) groups excluding carboxylic acids is 1. The predicted molar refractivity (Wildman–Crippen MR) is 105 cm³/mol. The smallest absolute Gasteiger partial charge is 0.319 e. The highest BCUT2D eigenvalue weighted by molar-refractivity contribution is 5.85. The van der Waals surface area contributed by atoms with Gasteiger partial charge in [-0.05, 0) is 92.8 Å². The fourth-order valence-electron chi connectivity index (χ4n) is 8.18. The second kappa shape index (κ2) is 6.63. The van der Waals surface area contributed by atoms with Gasteiger partial charge in [0.05, 0.1) is 5.71 Å². The van der Waals surface area contributed by atoms with Crippen molar-refractivity contribution in [1.82, 2.24) is 0 Å². The van der Waals surface area contributed by atoms with Gasteiger partial charge in [0.15, 0.2) is 0 Å². The Morgan fingerprint density at radius 3 is 2.42 bits per heavy atom. The lowest BCUT2D eigenvalue weighted by Gasteiger charge is -2.60. The van der Waals surface area contributed by atoms with E-state index in [1.165, 1.54) is 71.1 Å². The van der Waals surface area contributed by atoms with Gasteiger partial charge < -0.3 is 4.84 Å². The molecular formula is C23H37NO2. The molecule has 146 valence electrons. The van der Waals surface area contributed by atoms with Gasteiger partial charge in [0.2, 0.25) is 0 Å². The fourth-order valence-corrected chi connectivity index (χ4v) is 8.18. The first-order chi connectivity index (χ1) is 12.4. The molecule has 4 rings (SSSR count). The van der Waals surface area contributed by atoms with E-state index in [0.29, 0.717) is 16.7 Å². The summed E-state index contributed by atoms with van der Waals surface area (Å²) in [4.78, 5) is 16.1. The van der Waals surface area contributed by atoms with Crippen LogP contribution < -0.4 is 0 Å². The fraction of sp³-hybridized carbons (Fsp3) is 0.913. The van der Waals surface area contributed by atoms with Gasteiger partial charge in [0.1, 0.15) is 0 Å². The summed E-state index contributed by atoms with van der Waals surface area (Å²) in [6, 6.07) is 0. The lowest BCUT2D eigenvalue weighted by Crippen LogP contribution is -2.53. The summed E-state index contributed by atoms with van der Waals surface area (Å²) in [6.45, 7) is 8.68. The number of hydrogen-bond donors (Lipinski definition) is 0. The number of fused-ring (bicyclic) bond motifs is 5. The van der Waals surface area contributed by atoms with Gasteiger partial charge in [-0.1, -0.05) is 31.8 Å². The number of hydrogen-bond acceptors (Lipinski definition) is 3. The van der Waals surface area contributed by atoms with Crippen LogP contribution in [0.2, 0.25) is 0 Å². The third kappa shape index (κ3) is 2.76. The molecule has 3 nitrogen and oxygen atoms in total. The third-order valence-corrected chi connectivity index (χ3v) is 9.41. The lowest BCUT2D eigenvalue weighted by molar-refractivity contribution is -0.141. The van der Waals surface area contributed by atoms with E-state index in [1.54, 1.807) is 0 Å². The van der Waals surface area contributed by atoms with Crippen molar-refractivity contribution in [1.29, 1.82) is 0 Å². The van der Waals surface area contributed by atoms with E-state index < -0.39 is 0 Å². The molecule has 0 aromatic heterocycles. The molecule has 0 amide bonds. The van der Waals surface area contributed by atoms with Gasteiger partial charge in [0.25, 0.3) is 0 Å². The van der Waals surface area contributed by atoms with Crippen molar-refractivity contribution in [2.45, 2.75) is 91.9 Å². The van der Waals surface area contributed by atoms with E-state index in [-0.39, 0.29) is 5.97 Å². The molecule has 0 bridgehead atoms. The summed E-state index contributed by atoms with van der Waals surface area (Å²) in [5.74, 6) is 3.88. The van der Waals surface area contributed by atoms with Crippen LogP contribution in [-0.2, 0) is 9.63 Å². The molecule has 3 heteroatoms. The monoisotopic (exact) mass is 359 g/mol. The second-order valence-corrected chi connectivity index (χ2v) is 10.4. The molecule has 4 saturated carbocycles. The summed E-state index contributed by atoms with van der Waals surface area (Å²) in [7, 11) is 0. The Labute approximate surface area is 159 Å². The first-order valence-corrected chi connectivity index (χ1v) is 11.1. The molecule has 7 unspecified atom stereocenters. The van der Waals surface area contributed by atoms with E-state index in [2.05, 4.69) is 25.9 Å². The highest BCUT2D eigenvalue weighted by atomic mass is 16.7. The van der Waals surface area contributed by atoms with Crippen LogP contribution >= 0.6 is 0 Å². The molecule has 4 aliphatic carbocycles. The molecule has 0 aromatic rings. The molecule has 0 radical (unpaired) electrons. The Kier molecular flexibility index (Phi) is 4.72. The zero-order chi connectivity index (χ0) is 18.5. The molecule has 0 aromatic carbocycles. The van der Waals surface area contributed by atoms with Gasteiger partial charge in [0, 0.05) is 12.8 Å². The Morgan fingerprint density at radius 1 is 0.885 bits per heavy atom. The zero-order valence-electron chi connectivity index (χ0n) is 17.2. The molecule has 0 spiro atoms. The van der Waals surface area contributed by atoms with Crippen molar-refractivity contribution in [3.63, 3.8) is 0 Å². The Bertz CT molecular complexity index is 599. The number of nitrogens with zero attached hydrogens (tertiary/aromatic N) is 1. The summed E-state index contributed by atoms with van der Waals surface area (Å²) in [5, 5.41) is 4.19. The average molecular weight is 360 g/mol. The van der Waals surface area contributed by atoms with Crippen molar-refractivity contribution in [3.05, 3.63) is 0 Å². The van der Waals surface area contributed by atoms with Crippen LogP contribution in [0, 0.1) is 40.4 Å². The highest BCUT2D eigenvalue weighted by Gasteiger charge is 2.60. The molecule has 7 atom stereocenters. The van der Waals surface area contributed by atoms with E-state index in [1.807, 2.05) is 0 Å². The summed E-state index contributed by atoms with van der Waals surface area (Å²) in [6.07, 6.45) is 14.1. The standard InChI is InChI=1S/C23H37NO2/c1-15(24-26-16(2)25)19-10-11-20-18-9-8-17-7-5-6-13-22(17,3)21(18)12-14-23(19,20)4/h17-21H,5-14H2,1-4H3/b24-15+. The zero-order valence-corrected chi connectivity index (χ0v) is 17.2. The maximum absolute atomic E-state index is 11.2. The maximum atomic E-state index is 11.2. The first-order valence-electron chi connectivity index (χ1n) is 11.1. The maximum Gasteiger partial charge on any atom is 0.331 e. The molecule has 26 heavy (non-hydrogen) atoms. The normalized spacial score (nSPS) is 48.3. The van der Waals surface area contributed by atoms with Gasteiger partial charge >= 0.3 is 5.97 Å². The molecule has 0 aliphatic heterocycles. The molecule has 0 saturated heterocycles.